The monoisotopic (exact) mass is 527 g/mol. The van der Waals surface area contributed by atoms with Gasteiger partial charge in [-0.1, -0.05) is 13.8 Å². The Labute approximate surface area is 231 Å². The minimum absolute atomic E-state index is 0.663. The molecule has 0 bridgehead atoms. The van der Waals surface area contributed by atoms with Crippen molar-refractivity contribution in [1.82, 2.24) is 24.8 Å². The first-order chi connectivity index (χ1) is 19.0. The average molecular weight is 528 g/mol. The van der Waals surface area contributed by atoms with E-state index in [1.54, 1.807) is 12.7 Å². The number of piperazine rings is 1. The minimum atomic E-state index is 0.663. The standard InChI is InChI=1S/C30H41N9/c1-22(2)10-12-32-30-26-9-7-24(19-28(26)34-21-36-30)39-16-14-38(15-17-39)23-6-8-25-27(18-23)33-20-35-29(25)31-11-5-13-37(3)4/h6-9,18-22H,5,10-17H2,1-4H3,(H,31,33,35)(H,32,34,36). The second-order valence-electron chi connectivity index (χ2n) is 11.0. The zero-order chi connectivity index (χ0) is 27.2. The van der Waals surface area contributed by atoms with Crippen LogP contribution in [0.4, 0.5) is 23.0 Å². The number of rotatable bonds is 11. The average Bonchev–Trinajstić information content (AvgIpc) is 2.94. The van der Waals surface area contributed by atoms with Gasteiger partial charge < -0.3 is 25.3 Å². The van der Waals surface area contributed by atoms with E-state index in [1.165, 1.54) is 11.4 Å². The summed E-state index contributed by atoms with van der Waals surface area (Å²) >= 11 is 0. The van der Waals surface area contributed by atoms with Crippen molar-refractivity contribution in [2.75, 3.05) is 80.3 Å². The molecule has 206 valence electrons. The largest absolute Gasteiger partial charge is 0.369 e. The molecular formula is C30H41N9. The molecule has 0 radical (unpaired) electrons. The summed E-state index contributed by atoms with van der Waals surface area (Å²) in [6, 6.07) is 13.1. The van der Waals surface area contributed by atoms with Crippen LogP contribution in [0, 0.1) is 5.92 Å². The molecule has 5 rings (SSSR count). The van der Waals surface area contributed by atoms with Gasteiger partial charge in [-0.25, -0.2) is 19.9 Å². The highest BCUT2D eigenvalue weighted by atomic mass is 15.3. The third-order valence-electron chi connectivity index (χ3n) is 7.34. The fourth-order valence-electron chi connectivity index (χ4n) is 5.07. The lowest BCUT2D eigenvalue weighted by atomic mass is 10.1. The summed E-state index contributed by atoms with van der Waals surface area (Å²) in [4.78, 5) is 25.2. The van der Waals surface area contributed by atoms with Crippen molar-refractivity contribution in [3.63, 3.8) is 0 Å². The van der Waals surface area contributed by atoms with Crippen LogP contribution >= 0.6 is 0 Å². The van der Waals surface area contributed by atoms with Crippen molar-refractivity contribution in [3.05, 3.63) is 49.1 Å². The molecule has 39 heavy (non-hydrogen) atoms. The van der Waals surface area contributed by atoms with Crippen molar-refractivity contribution in [3.8, 4) is 0 Å². The molecule has 2 N–H and O–H groups in total. The lowest BCUT2D eigenvalue weighted by Crippen LogP contribution is -2.46. The minimum Gasteiger partial charge on any atom is -0.369 e. The number of hydrogen-bond acceptors (Lipinski definition) is 9. The van der Waals surface area contributed by atoms with Gasteiger partial charge in [0.25, 0.3) is 0 Å². The highest BCUT2D eigenvalue weighted by Crippen LogP contribution is 2.28. The van der Waals surface area contributed by atoms with Gasteiger partial charge >= 0.3 is 0 Å². The van der Waals surface area contributed by atoms with Gasteiger partial charge in [0.15, 0.2) is 0 Å². The van der Waals surface area contributed by atoms with E-state index in [0.29, 0.717) is 5.92 Å². The smallest absolute Gasteiger partial charge is 0.137 e. The zero-order valence-electron chi connectivity index (χ0n) is 23.7. The highest BCUT2D eigenvalue weighted by molar-refractivity contribution is 5.92. The number of nitrogens with one attached hydrogen (secondary N) is 2. The molecule has 0 aliphatic carbocycles. The summed E-state index contributed by atoms with van der Waals surface area (Å²) in [6.45, 7) is 11.2. The Bertz CT molecular complexity index is 1380. The molecule has 0 atom stereocenters. The number of benzene rings is 2. The second kappa shape index (κ2) is 12.4. The van der Waals surface area contributed by atoms with Gasteiger partial charge in [-0.15, -0.1) is 0 Å². The van der Waals surface area contributed by atoms with Crippen LogP contribution in [0.2, 0.25) is 0 Å². The molecule has 1 aliphatic rings. The van der Waals surface area contributed by atoms with Crippen molar-refractivity contribution in [2.24, 2.45) is 5.92 Å². The molecule has 1 fully saturated rings. The molecule has 4 aromatic rings. The van der Waals surface area contributed by atoms with Crippen LogP contribution in [0.15, 0.2) is 49.1 Å². The van der Waals surface area contributed by atoms with Crippen LogP contribution < -0.4 is 20.4 Å². The van der Waals surface area contributed by atoms with E-state index >= 15 is 0 Å². The fourth-order valence-corrected chi connectivity index (χ4v) is 5.07. The Balaban J connectivity index is 1.22. The topological polar surface area (TPSA) is 85.3 Å². The van der Waals surface area contributed by atoms with E-state index in [-0.39, 0.29) is 0 Å². The van der Waals surface area contributed by atoms with Crippen LogP contribution in [-0.4, -0.2) is 84.7 Å². The Hall–Kier alpha value is -3.72. The van der Waals surface area contributed by atoms with Crippen LogP contribution in [0.5, 0.6) is 0 Å². The van der Waals surface area contributed by atoms with Crippen LogP contribution in [0.1, 0.15) is 26.7 Å². The summed E-state index contributed by atoms with van der Waals surface area (Å²) in [5.74, 6) is 2.49. The Morgan fingerprint density at radius 2 is 1.26 bits per heavy atom. The number of aromatic nitrogens is 4. The molecule has 9 heteroatoms. The second-order valence-corrected chi connectivity index (χ2v) is 11.0. The first kappa shape index (κ1) is 26.9. The van der Waals surface area contributed by atoms with Gasteiger partial charge in [-0.3, -0.25) is 0 Å². The van der Waals surface area contributed by atoms with E-state index in [4.69, 9.17) is 0 Å². The van der Waals surface area contributed by atoms with Crippen LogP contribution in [-0.2, 0) is 0 Å². The van der Waals surface area contributed by atoms with E-state index < -0.39 is 0 Å². The van der Waals surface area contributed by atoms with E-state index in [9.17, 15) is 0 Å². The molecule has 1 aliphatic heterocycles. The molecule has 0 amide bonds. The summed E-state index contributed by atoms with van der Waals surface area (Å²) in [5, 5.41) is 9.12. The molecule has 3 heterocycles. The number of hydrogen-bond donors (Lipinski definition) is 2. The van der Waals surface area contributed by atoms with Gasteiger partial charge in [0.2, 0.25) is 0 Å². The van der Waals surface area contributed by atoms with E-state index in [0.717, 1.165) is 92.1 Å². The molecule has 1 saturated heterocycles. The number of nitrogens with zero attached hydrogens (tertiary/aromatic N) is 7. The Morgan fingerprint density at radius 1 is 0.744 bits per heavy atom. The summed E-state index contributed by atoms with van der Waals surface area (Å²) in [6.07, 6.45) is 5.51. The summed E-state index contributed by atoms with van der Waals surface area (Å²) < 4.78 is 0. The summed E-state index contributed by atoms with van der Waals surface area (Å²) in [5.41, 5.74) is 4.39. The Kier molecular flexibility index (Phi) is 8.56. The molecule has 0 spiro atoms. The van der Waals surface area contributed by atoms with Crippen molar-refractivity contribution in [1.29, 1.82) is 0 Å². The molecule has 0 unspecified atom stereocenters. The first-order valence-corrected chi connectivity index (χ1v) is 14.1. The summed E-state index contributed by atoms with van der Waals surface area (Å²) in [7, 11) is 4.20. The van der Waals surface area contributed by atoms with Gasteiger partial charge in [-0.2, -0.15) is 0 Å². The maximum Gasteiger partial charge on any atom is 0.137 e. The molecule has 0 saturated carbocycles. The van der Waals surface area contributed by atoms with E-state index in [2.05, 4.69) is 110 Å². The van der Waals surface area contributed by atoms with Gasteiger partial charge in [0.05, 0.1) is 11.0 Å². The molecule has 2 aromatic heterocycles. The predicted molar refractivity (Wildman–Crippen MR) is 163 cm³/mol. The van der Waals surface area contributed by atoms with Crippen LogP contribution in [0.3, 0.4) is 0 Å². The molecule has 2 aromatic carbocycles. The van der Waals surface area contributed by atoms with Gasteiger partial charge in [0, 0.05) is 61.4 Å². The van der Waals surface area contributed by atoms with Crippen molar-refractivity contribution in [2.45, 2.75) is 26.7 Å². The third kappa shape index (κ3) is 6.65. The first-order valence-electron chi connectivity index (χ1n) is 14.1. The maximum atomic E-state index is 4.57. The predicted octanol–water partition coefficient (Wildman–Crippen LogP) is 4.72. The third-order valence-corrected chi connectivity index (χ3v) is 7.34. The maximum absolute atomic E-state index is 4.57. The number of anilines is 4. The molecule has 9 nitrogen and oxygen atoms in total. The lowest BCUT2D eigenvalue weighted by molar-refractivity contribution is 0.405. The van der Waals surface area contributed by atoms with Crippen molar-refractivity contribution >= 4 is 44.8 Å². The highest BCUT2D eigenvalue weighted by Gasteiger charge is 2.19. The van der Waals surface area contributed by atoms with E-state index in [1.807, 2.05) is 0 Å². The SMILES string of the molecule is CC(C)CCNc1ncnc2cc(N3CCN(c4ccc5c(NCCCN(C)C)ncnc5c4)CC3)ccc12. The zero-order valence-corrected chi connectivity index (χ0v) is 23.7. The van der Waals surface area contributed by atoms with Crippen molar-refractivity contribution < 1.29 is 0 Å². The number of fused-ring (bicyclic) bond motifs is 2. The fraction of sp³-hybridized carbons (Fsp3) is 0.467. The van der Waals surface area contributed by atoms with Gasteiger partial charge in [-0.05, 0) is 75.8 Å². The molecular weight excluding hydrogens is 486 g/mol. The Morgan fingerprint density at radius 3 is 1.74 bits per heavy atom. The van der Waals surface area contributed by atoms with Gasteiger partial charge in [0.1, 0.15) is 24.3 Å². The lowest BCUT2D eigenvalue weighted by Gasteiger charge is -2.37. The quantitative estimate of drug-likeness (QED) is 0.269. The normalized spacial score (nSPS) is 14.1. The van der Waals surface area contributed by atoms with Crippen LogP contribution in [0.25, 0.3) is 21.8 Å².